The van der Waals surface area contributed by atoms with Gasteiger partial charge < -0.3 is 5.73 Å². The molecule has 4 heteroatoms. The van der Waals surface area contributed by atoms with Crippen molar-refractivity contribution in [2.45, 2.75) is 19.4 Å². The van der Waals surface area contributed by atoms with Crippen molar-refractivity contribution < 1.29 is 8.78 Å². The van der Waals surface area contributed by atoms with E-state index in [0.717, 1.165) is 21.7 Å². The smallest absolute Gasteiger partial charge is 0.129 e. The van der Waals surface area contributed by atoms with Crippen LogP contribution in [0, 0.1) is 18.6 Å². The Balaban J connectivity index is 2.23. The Morgan fingerprint density at radius 3 is 2.53 bits per heavy atom. The summed E-state index contributed by atoms with van der Waals surface area (Å²) in [5.74, 6) is -1.13. The van der Waals surface area contributed by atoms with E-state index in [1.54, 1.807) is 0 Å². The molecule has 0 amide bonds. The standard InChI is InChI=1S/C15H14BrF2N/c1-9-6-11(16)3-5-13(9)15(19)7-10-2-4-12(17)8-14(10)18/h2-6,8,15H,7,19H2,1H3. The molecule has 2 N–H and O–H groups in total. The Labute approximate surface area is 119 Å². The molecule has 1 unspecified atom stereocenters. The average Bonchev–Trinajstić information content (AvgIpc) is 2.32. The van der Waals surface area contributed by atoms with Gasteiger partial charge in [-0.15, -0.1) is 0 Å². The molecule has 0 fully saturated rings. The van der Waals surface area contributed by atoms with Crippen LogP contribution < -0.4 is 5.73 Å². The summed E-state index contributed by atoms with van der Waals surface area (Å²) < 4.78 is 27.4. The fraction of sp³-hybridized carbons (Fsp3) is 0.200. The monoisotopic (exact) mass is 325 g/mol. The molecule has 0 aliphatic carbocycles. The van der Waals surface area contributed by atoms with E-state index in [-0.39, 0.29) is 6.04 Å². The fourth-order valence-electron chi connectivity index (χ4n) is 2.09. The van der Waals surface area contributed by atoms with Crippen LogP contribution in [0.15, 0.2) is 40.9 Å². The molecule has 2 aromatic carbocycles. The van der Waals surface area contributed by atoms with Crippen LogP contribution in [-0.4, -0.2) is 0 Å². The number of benzene rings is 2. The number of aryl methyl sites for hydroxylation is 1. The highest BCUT2D eigenvalue weighted by Crippen LogP contribution is 2.24. The lowest BCUT2D eigenvalue weighted by Crippen LogP contribution is -2.15. The van der Waals surface area contributed by atoms with Crippen molar-refractivity contribution >= 4 is 15.9 Å². The molecule has 0 spiro atoms. The lowest BCUT2D eigenvalue weighted by atomic mass is 9.96. The number of nitrogens with two attached hydrogens (primary N) is 1. The maximum atomic E-state index is 13.6. The van der Waals surface area contributed by atoms with E-state index in [0.29, 0.717) is 12.0 Å². The van der Waals surface area contributed by atoms with Crippen molar-refractivity contribution in [1.82, 2.24) is 0 Å². The molecule has 0 aliphatic rings. The van der Waals surface area contributed by atoms with Crippen LogP contribution in [0.4, 0.5) is 8.78 Å². The quantitative estimate of drug-likeness (QED) is 0.895. The predicted molar refractivity (Wildman–Crippen MR) is 75.9 cm³/mol. The van der Waals surface area contributed by atoms with E-state index in [2.05, 4.69) is 15.9 Å². The third-order valence-corrected chi connectivity index (χ3v) is 3.58. The molecular weight excluding hydrogens is 312 g/mol. The average molecular weight is 326 g/mol. The van der Waals surface area contributed by atoms with Gasteiger partial charge in [-0.25, -0.2) is 8.78 Å². The van der Waals surface area contributed by atoms with Crippen molar-refractivity contribution in [3.63, 3.8) is 0 Å². The normalized spacial score (nSPS) is 12.5. The van der Waals surface area contributed by atoms with Gasteiger partial charge in [-0.1, -0.05) is 28.1 Å². The van der Waals surface area contributed by atoms with Gasteiger partial charge in [0.25, 0.3) is 0 Å². The number of hydrogen-bond donors (Lipinski definition) is 1. The highest BCUT2D eigenvalue weighted by Gasteiger charge is 2.13. The second kappa shape index (κ2) is 5.80. The highest BCUT2D eigenvalue weighted by atomic mass is 79.9. The minimum Gasteiger partial charge on any atom is -0.324 e. The molecule has 0 saturated heterocycles. The second-order valence-electron chi connectivity index (χ2n) is 4.55. The zero-order valence-electron chi connectivity index (χ0n) is 10.5. The van der Waals surface area contributed by atoms with E-state index in [9.17, 15) is 8.78 Å². The van der Waals surface area contributed by atoms with Crippen LogP contribution in [0.1, 0.15) is 22.7 Å². The van der Waals surface area contributed by atoms with Crippen LogP contribution in [-0.2, 0) is 6.42 Å². The Bertz CT molecular complexity index is 599. The van der Waals surface area contributed by atoms with E-state index in [4.69, 9.17) is 5.73 Å². The minimum absolute atomic E-state index is 0.312. The largest absolute Gasteiger partial charge is 0.324 e. The number of rotatable bonds is 3. The van der Waals surface area contributed by atoms with Gasteiger partial charge in [0.15, 0.2) is 0 Å². The molecule has 2 aromatic rings. The van der Waals surface area contributed by atoms with Gasteiger partial charge in [0.2, 0.25) is 0 Å². The Kier molecular flexibility index (Phi) is 4.32. The summed E-state index contributed by atoms with van der Waals surface area (Å²) >= 11 is 3.39. The molecule has 0 radical (unpaired) electrons. The van der Waals surface area contributed by atoms with Gasteiger partial charge in [-0.3, -0.25) is 0 Å². The Morgan fingerprint density at radius 1 is 1.16 bits per heavy atom. The lowest BCUT2D eigenvalue weighted by molar-refractivity contribution is 0.563. The van der Waals surface area contributed by atoms with Crippen LogP contribution in [0.25, 0.3) is 0 Å². The first-order valence-corrected chi connectivity index (χ1v) is 6.72. The molecule has 0 aliphatic heterocycles. The predicted octanol–water partition coefficient (Wildman–Crippen LogP) is 4.28. The molecule has 0 heterocycles. The summed E-state index contributed by atoms with van der Waals surface area (Å²) in [4.78, 5) is 0. The van der Waals surface area contributed by atoms with Crippen LogP contribution >= 0.6 is 15.9 Å². The number of hydrogen-bond acceptors (Lipinski definition) is 1. The fourth-order valence-corrected chi connectivity index (χ4v) is 2.56. The summed E-state index contributed by atoms with van der Waals surface area (Å²) in [6.07, 6.45) is 0.342. The lowest BCUT2D eigenvalue weighted by Gasteiger charge is -2.15. The molecule has 100 valence electrons. The third-order valence-electron chi connectivity index (χ3n) is 3.09. The van der Waals surface area contributed by atoms with Gasteiger partial charge in [0.05, 0.1) is 0 Å². The van der Waals surface area contributed by atoms with Gasteiger partial charge in [0.1, 0.15) is 11.6 Å². The number of halogens is 3. The van der Waals surface area contributed by atoms with Crippen LogP contribution in [0.3, 0.4) is 0 Å². The summed E-state index contributed by atoms with van der Waals surface area (Å²) in [6.45, 7) is 1.96. The van der Waals surface area contributed by atoms with E-state index in [1.807, 2.05) is 25.1 Å². The molecule has 1 atom stereocenters. The maximum absolute atomic E-state index is 13.6. The summed E-state index contributed by atoms with van der Waals surface area (Å²) in [5.41, 5.74) is 8.55. The Morgan fingerprint density at radius 2 is 1.89 bits per heavy atom. The first-order chi connectivity index (χ1) is 8.97. The van der Waals surface area contributed by atoms with Crippen molar-refractivity contribution in [2.75, 3.05) is 0 Å². The first-order valence-electron chi connectivity index (χ1n) is 5.93. The van der Waals surface area contributed by atoms with Gasteiger partial charge in [-0.2, -0.15) is 0 Å². The topological polar surface area (TPSA) is 26.0 Å². The second-order valence-corrected chi connectivity index (χ2v) is 5.46. The molecule has 0 aromatic heterocycles. The summed E-state index contributed by atoms with van der Waals surface area (Å²) in [6, 6.07) is 9.06. The molecule has 0 bridgehead atoms. The molecule has 2 rings (SSSR count). The summed E-state index contributed by atoms with van der Waals surface area (Å²) in [5, 5.41) is 0. The van der Waals surface area contributed by atoms with E-state index < -0.39 is 11.6 Å². The van der Waals surface area contributed by atoms with Crippen LogP contribution in [0.5, 0.6) is 0 Å². The van der Waals surface area contributed by atoms with Crippen molar-refractivity contribution in [3.05, 3.63) is 69.2 Å². The van der Waals surface area contributed by atoms with Gasteiger partial charge in [0, 0.05) is 16.6 Å². The van der Waals surface area contributed by atoms with Crippen molar-refractivity contribution in [1.29, 1.82) is 0 Å². The minimum atomic E-state index is -0.574. The highest BCUT2D eigenvalue weighted by molar-refractivity contribution is 9.10. The third kappa shape index (κ3) is 3.39. The van der Waals surface area contributed by atoms with Crippen molar-refractivity contribution in [2.24, 2.45) is 5.73 Å². The molecule has 1 nitrogen and oxygen atoms in total. The van der Waals surface area contributed by atoms with E-state index in [1.165, 1.54) is 12.1 Å². The maximum Gasteiger partial charge on any atom is 0.129 e. The van der Waals surface area contributed by atoms with Crippen LogP contribution in [0.2, 0.25) is 0 Å². The summed E-state index contributed by atoms with van der Waals surface area (Å²) in [7, 11) is 0. The Hall–Kier alpha value is -1.26. The zero-order valence-corrected chi connectivity index (χ0v) is 12.0. The van der Waals surface area contributed by atoms with Gasteiger partial charge in [-0.05, 0) is 48.2 Å². The van der Waals surface area contributed by atoms with Gasteiger partial charge >= 0.3 is 0 Å². The van der Waals surface area contributed by atoms with Crippen molar-refractivity contribution in [3.8, 4) is 0 Å². The zero-order chi connectivity index (χ0) is 14.0. The first kappa shape index (κ1) is 14.2. The van der Waals surface area contributed by atoms with E-state index >= 15 is 0 Å². The molecular formula is C15H14BrF2N. The SMILES string of the molecule is Cc1cc(Br)ccc1C(N)Cc1ccc(F)cc1F. The molecule has 19 heavy (non-hydrogen) atoms. The molecule has 0 saturated carbocycles.